The molecular weight excluding hydrogens is 264 g/mol. The summed E-state index contributed by atoms with van der Waals surface area (Å²) in [4.78, 5) is 6.73. The van der Waals surface area contributed by atoms with E-state index in [-0.39, 0.29) is 5.84 Å². The van der Waals surface area contributed by atoms with Crippen LogP contribution in [0.5, 0.6) is 0 Å². The van der Waals surface area contributed by atoms with E-state index in [1.807, 2.05) is 12.1 Å². The highest BCUT2D eigenvalue weighted by atomic mass is 16.4. The molecule has 21 heavy (non-hydrogen) atoms. The number of oxime groups is 1. The van der Waals surface area contributed by atoms with Crippen LogP contribution in [-0.4, -0.2) is 29.1 Å². The van der Waals surface area contributed by atoms with Crippen molar-refractivity contribution in [1.29, 1.82) is 0 Å². The Balaban J connectivity index is 1.83. The van der Waals surface area contributed by atoms with Crippen molar-refractivity contribution >= 4 is 11.7 Å². The Bertz CT molecular complexity index is 642. The van der Waals surface area contributed by atoms with Crippen molar-refractivity contribution in [3.05, 3.63) is 59.3 Å². The maximum atomic E-state index is 8.76. The average Bonchev–Trinajstić information content (AvgIpc) is 2.77. The van der Waals surface area contributed by atoms with Crippen molar-refractivity contribution < 1.29 is 5.21 Å². The maximum absolute atomic E-state index is 8.76. The van der Waals surface area contributed by atoms with Crippen molar-refractivity contribution in [2.24, 2.45) is 10.9 Å². The van der Waals surface area contributed by atoms with E-state index in [0.717, 1.165) is 31.7 Å². The van der Waals surface area contributed by atoms with Gasteiger partial charge in [-0.3, -0.25) is 0 Å². The van der Waals surface area contributed by atoms with Crippen LogP contribution in [0.25, 0.3) is 0 Å². The molecule has 0 bridgehead atoms. The molecule has 0 atom stereocenters. The molecule has 1 aromatic carbocycles. The van der Waals surface area contributed by atoms with Crippen LogP contribution in [0.15, 0.2) is 47.6 Å². The highest BCUT2D eigenvalue weighted by molar-refractivity contribution is 5.95. The third-order valence-electron chi connectivity index (χ3n) is 3.85. The fourth-order valence-electron chi connectivity index (χ4n) is 2.69. The molecule has 0 aliphatic carbocycles. The molecule has 0 fully saturated rings. The minimum absolute atomic E-state index is 0.0370. The highest BCUT2D eigenvalue weighted by Crippen LogP contribution is 2.19. The predicted octanol–water partition coefficient (Wildman–Crippen LogP) is 1.78. The minimum atomic E-state index is 0.0370. The largest absolute Gasteiger partial charge is 0.409 e. The number of nitrogens with two attached hydrogens (primary N) is 1. The van der Waals surface area contributed by atoms with Gasteiger partial charge in [0, 0.05) is 13.1 Å². The summed E-state index contributed by atoms with van der Waals surface area (Å²) < 4.78 is 0. The standard InChI is InChI=1S/C16H18N4O/c17-16(19-21)14-6-3-7-15(18-14)20-10-8-12-4-1-2-5-13(12)9-11-20/h1-7,21H,8-11H2,(H2,17,19). The van der Waals surface area contributed by atoms with Crippen LogP contribution in [0.3, 0.4) is 0 Å². The monoisotopic (exact) mass is 282 g/mol. The van der Waals surface area contributed by atoms with Gasteiger partial charge in [-0.05, 0) is 36.1 Å². The molecule has 1 aliphatic heterocycles. The number of benzene rings is 1. The molecule has 3 rings (SSSR count). The smallest absolute Gasteiger partial charge is 0.188 e. The number of hydrogen-bond donors (Lipinski definition) is 2. The third-order valence-corrected chi connectivity index (χ3v) is 3.85. The second-order valence-corrected chi connectivity index (χ2v) is 5.12. The first-order chi connectivity index (χ1) is 10.3. The van der Waals surface area contributed by atoms with Crippen LogP contribution in [0, 0.1) is 0 Å². The lowest BCUT2D eigenvalue weighted by atomic mass is 10.0. The first-order valence-electron chi connectivity index (χ1n) is 7.04. The fraction of sp³-hybridized carbons (Fsp3) is 0.250. The SMILES string of the molecule is NC(=NO)c1cccc(N2CCc3ccccc3CC2)n1. The number of anilines is 1. The van der Waals surface area contributed by atoms with Gasteiger partial charge in [-0.2, -0.15) is 0 Å². The van der Waals surface area contributed by atoms with Crippen molar-refractivity contribution in [3.8, 4) is 0 Å². The van der Waals surface area contributed by atoms with Crippen molar-refractivity contribution in [3.63, 3.8) is 0 Å². The van der Waals surface area contributed by atoms with Gasteiger partial charge in [0.25, 0.3) is 0 Å². The van der Waals surface area contributed by atoms with E-state index < -0.39 is 0 Å². The maximum Gasteiger partial charge on any atom is 0.188 e. The Morgan fingerprint density at radius 3 is 2.33 bits per heavy atom. The average molecular weight is 282 g/mol. The van der Waals surface area contributed by atoms with E-state index in [0.29, 0.717) is 5.69 Å². The third kappa shape index (κ3) is 2.81. The molecule has 5 nitrogen and oxygen atoms in total. The number of hydrogen-bond acceptors (Lipinski definition) is 4. The van der Waals surface area contributed by atoms with Crippen LogP contribution in [-0.2, 0) is 12.8 Å². The number of aromatic nitrogens is 1. The molecule has 2 heterocycles. The van der Waals surface area contributed by atoms with Gasteiger partial charge >= 0.3 is 0 Å². The van der Waals surface area contributed by atoms with E-state index in [4.69, 9.17) is 10.9 Å². The predicted molar refractivity (Wildman–Crippen MR) is 82.8 cm³/mol. The minimum Gasteiger partial charge on any atom is -0.409 e. The van der Waals surface area contributed by atoms with Gasteiger partial charge in [0.05, 0.1) is 0 Å². The zero-order chi connectivity index (χ0) is 14.7. The lowest BCUT2D eigenvalue weighted by Crippen LogP contribution is -2.28. The molecule has 0 radical (unpaired) electrons. The molecular formula is C16H18N4O. The Morgan fingerprint density at radius 2 is 1.71 bits per heavy atom. The van der Waals surface area contributed by atoms with E-state index in [1.165, 1.54) is 11.1 Å². The second kappa shape index (κ2) is 5.83. The van der Waals surface area contributed by atoms with Gasteiger partial charge in [0.15, 0.2) is 5.84 Å². The Labute approximate surface area is 123 Å². The van der Waals surface area contributed by atoms with Crippen molar-refractivity contribution in [2.75, 3.05) is 18.0 Å². The summed E-state index contributed by atoms with van der Waals surface area (Å²) in [7, 11) is 0. The molecule has 0 amide bonds. The molecule has 2 aromatic rings. The number of pyridine rings is 1. The zero-order valence-electron chi connectivity index (χ0n) is 11.7. The molecule has 0 saturated carbocycles. The summed E-state index contributed by atoms with van der Waals surface area (Å²) in [5, 5.41) is 11.8. The van der Waals surface area contributed by atoms with Gasteiger partial charge < -0.3 is 15.8 Å². The highest BCUT2D eigenvalue weighted by Gasteiger charge is 2.15. The van der Waals surface area contributed by atoms with Crippen LogP contribution in [0.4, 0.5) is 5.82 Å². The lowest BCUT2D eigenvalue weighted by Gasteiger charge is -2.21. The summed E-state index contributed by atoms with van der Waals surface area (Å²) in [5.41, 5.74) is 8.93. The molecule has 1 aliphatic rings. The van der Waals surface area contributed by atoms with Crippen LogP contribution in [0.2, 0.25) is 0 Å². The van der Waals surface area contributed by atoms with E-state index in [1.54, 1.807) is 6.07 Å². The topological polar surface area (TPSA) is 74.7 Å². The first-order valence-corrected chi connectivity index (χ1v) is 7.04. The first kappa shape index (κ1) is 13.4. The molecule has 108 valence electrons. The molecule has 0 spiro atoms. The number of fused-ring (bicyclic) bond motifs is 1. The number of nitrogens with zero attached hydrogens (tertiary/aromatic N) is 3. The summed E-state index contributed by atoms with van der Waals surface area (Å²) in [6, 6.07) is 14.2. The summed E-state index contributed by atoms with van der Waals surface area (Å²) in [6.07, 6.45) is 2.01. The summed E-state index contributed by atoms with van der Waals surface area (Å²) >= 11 is 0. The van der Waals surface area contributed by atoms with E-state index in [2.05, 4.69) is 39.3 Å². The van der Waals surface area contributed by atoms with Crippen molar-refractivity contribution in [1.82, 2.24) is 4.98 Å². The molecule has 0 unspecified atom stereocenters. The van der Waals surface area contributed by atoms with Gasteiger partial charge in [-0.1, -0.05) is 35.5 Å². The zero-order valence-corrected chi connectivity index (χ0v) is 11.7. The van der Waals surface area contributed by atoms with E-state index in [9.17, 15) is 0 Å². The van der Waals surface area contributed by atoms with E-state index >= 15 is 0 Å². The summed E-state index contributed by atoms with van der Waals surface area (Å²) in [5.74, 6) is 0.905. The summed E-state index contributed by atoms with van der Waals surface area (Å²) in [6.45, 7) is 1.84. The van der Waals surface area contributed by atoms with Gasteiger partial charge in [-0.15, -0.1) is 0 Å². The van der Waals surface area contributed by atoms with Crippen LogP contribution < -0.4 is 10.6 Å². The fourth-order valence-corrected chi connectivity index (χ4v) is 2.69. The Morgan fingerprint density at radius 1 is 1.05 bits per heavy atom. The normalized spacial score (nSPS) is 15.4. The number of amidine groups is 1. The van der Waals surface area contributed by atoms with Gasteiger partial charge in [0.1, 0.15) is 11.5 Å². The Kier molecular flexibility index (Phi) is 3.73. The van der Waals surface area contributed by atoms with Crippen LogP contribution in [0.1, 0.15) is 16.8 Å². The van der Waals surface area contributed by atoms with Gasteiger partial charge in [-0.25, -0.2) is 4.98 Å². The van der Waals surface area contributed by atoms with Crippen molar-refractivity contribution in [2.45, 2.75) is 12.8 Å². The van der Waals surface area contributed by atoms with Crippen LogP contribution >= 0.6 is 0 Å². The number of rotatable bonds is 2. The molecule has 0 saturated heterocycles. The van der Waals surface area contributed by atoms with Gasteiger partial charge in [0.2, 0.25) is 0 Å². The Hall–Kier alpha value is -2.56. The quantitative estimate of drug-likeness (QED) is 0.381. The second-order valence-electron chi connectivity index (χ2n) is 5.12. The lowest BCUT2D eigenvalue weighted by molar-refractivity contribution is 0.318. The molecule has 5 heteroatoms. The molecule has 1 aromatic heterocycles. The molecule has 3 N–H and O–H groups in total.